The van der Waals surface area contributed by atoms with Gasteiger partial charge in [-0.1, -0.05) is 0 Å². The van der Waals surface area contributed by atoms with Crippen LogP contribution in [0.1, 0.15) is 15.3 Å². The largest absolute Gasteiger partial charge is 0.484 e. The van der Waals surface area contributed by atoms with Crippen molar-refractivity contribution >= 4 is 17.0 Å². The summed E-state index contributed by atoms with van der Waals surface area (Å²) in [6.45, 7) is 5.80. The molecule has 0 atom stereocenters. The van der Waals surface area contributed by atoms with Gasteiger partial charge in [-0.3, -0.25) is 10.3 Å². The Hall–Kier alpha value is -1.37. The zero-order valence-corrected chi connectivity index (χ0v) is 11.6. The lowest BCUT2D eigenvalue weighted by atomic mass is 10.1. The third-order valence-electron chi connectivity index (χ3n) is 3.47. The van der Waals surface area contributed by atoms with Crippen LogP contribution in [0.15, 0.2) is 18.0 Å². The minimum atomic E-state index is 0.409. The summed E-state index contributed by atoms with van der Waals surface area (Å²) in [5, 5.41) is 11.4. The van der Waals surface area contributed by atoms with Gasteiger partial charge in [-0.05, 0) is 6.07 Å². The number of allylic oxidation sites excluding steroid dienone is 1. The maximum Gasteiger partial charge on any atom is 0.160 e. The van der Waals surface area contributed by atoms with E-state index in [0.29, 0.717) is 18.1 Å². The first kappa shape index (κ1) is 12.7. The first-order valence-electron chi connectivity index (χ1n) is 6.46. The maximum atomic E-state index is 8.07. The van der Waals surface area contributed by atoms with Crippen molar-refractivity contribution in [3.63, 3.8) is 0 Å². The molecule has 0 aliphatic carbocycles. The van der Waals surface area contributed by atoms with Crippen molar-refractivity contribution in [3.05, 3.63) is 33.3 Å². The monoisotopic (exact) mass is 278 g/mol. The number of thiophene rings is 1. The number of nitrogens with one attached hydrogen (secondary N) is 2. The molecular formula is C13H18N4OS. The van der Waals surface area contributed by atoms with E-state index >= 15 is 0 Å². The van der Waals surface area contributed by atoms with Crippen LogP contribution in [0.3, 0.4) is 0 Å². The van der Waals surface area contributed by atoms with E-state index in [1.807, 2.05) is 0 Å². The summed E-state index contributed by atoms with van der Waals surface area (Å²) >= 11 is 1.75. The van der Waals surface area contributed by atoms with Crippen LogP contribution in [0.4, 0.5) is 0 Å². The van der Waals surface area contributed by atoms with E-state index in [1.165, 1.54) is 11.1 Å². The zero-order chi connectivity index (χ0) is 13.2. The number of hydrogen-bond acceptors (Lipinski definition) is 6. The Labute approximate surface area is 116 Å². The second-order valence-corrected chi connectivity index (χ2v) is 5.99. The smallest absolute Gasteiger partial charge is 0.160 e. The molecule has 19 heavy (non-hydrogen) atoms. The van der Waals surface area contributed by atoms with Crippen LogP contribution in [0.5, 0.6) is 0 Å². The molecule has 3 rings (SSSR count). The van der Waals surface area contributed by atoms with Gasteiger partial charge in [-0.25, -0.2) is 0 Å². The van der Waals surface area contributed by atoms with Crippen LogP contribution < -0.4 is 11.1 Å². The average molecular weight is 278 g/mol. The van der Waals surface area contributed by atoms with Crippen molar-refractivity contribution in [1.82, 2.24) is 10.2 Å². The molecule has 3 heterocycles. The number of ether oxygens (including phenoxy) is 1. The number of fused-ring (bicyclic) bond motifs is 1. The predicted octanol–water partition coefficient (Wildman–Crippen LogP) is 0.851. The first-order chi connectivity index (χ1) is 9.28. The fraction of sp³-hybridized carbons (Fsp3) is 0.462. The van der Waals surface area contributed by atoms with Crippen LogP contribution in [0.25, 0.3) is 0 Å². The molecule has 0 amide bonds. The Bertz CT molecular complexity index is 517. The molecule has 2 aliphatic rings. The molecule has 5 nitrogen and oxygen atoms in total. The SMILES string of the molecule is N=C1C(=CN)OCc2sc(CN3CCNCC3)cc21. The van der Waals surface area contributed by atoms with Gasteiger partial charge in [0.25, 0.3) is 0 Å². The quantitative estimate of drug-likeness (QED) is 0.750. The number of rotatable bonds is 2. The number of hydrogen-bond donors (Lipinski definition) is 3. The van der Waals surface area contributed by atoms with Crippen molar-refractivity contribution in [1.29, 1.82) is 5.41 Å². The van der Waals surface area contributed by atoms with Crippen LogP contribution in [0.2, 0.25) is 0 Å². The van der Waals surface area contributed by atoms with E-state index in [-0.39, 0.29) is 0 Å². The highest BCUT2D eigenvalue weighted by Gasteiger charge is 2.23. The van der Waals surface area contributed by atoms with Gasteiger partial charge in [-0.15, -0.1) is 11.3 Å². The van der Waals surface area contributed by atoms with E-state index in [4.69, 9.17) is 15.9 Å². The second-order valence-electron chi connectivity index (χ2n) is 4.77. The van der Waals surface area contributed by atoms with Gasteiger partial charge in [0.05, 0.1) is 4.88 Å². The Kier molecular flexibility index (Phi) is 3.54. The van der Waals surface area contributed by atoms with Gasteiger partial charge < -0.3 is 15.8 Å². The molecule has 0 spiro atoms. The Balaban J connectivity index is 1.77. The van der Waals surface area contributed by atoms with Crippen LogP contribution in [-0.2, 0) is 17.9 Å². The fourth-order valence-electron chi connectivity index (χ4n) is 2.45. The fourth-order valence-corrected chi connectivity index (χ4v) is 3.58. The first-order valence-corrected chi connectivity index (χ1v) is 7.28. The topological polar surface area (TPSA) is 74.4 Å². The molecule has 2 aliphatic heterocycles. The third kappa shape index (κ3) is 2.51. The van der Waals surface area contributed by atoms with Crippen LogP contribution in [0, 0.1) is 5.41 Å². The van der Waals surface area contributed by atoms with Gasteiger partial charge in [0.2, 0.25) is 0 Å². The standard InChI is InChI=1S/C13H18N4OS/c14-6-11-13(15)10-5-9(19-12(10)8-18-11)7-17-3-1-16-2-4-17/h5-6,15-16H,1-4,7-8,14H2. The summed E-state index contributed by atoms with van der Waals surface area (Å²) in [6.07, 6.45) is 1.37. The van der Waals surface area contributed by atoms with Crippen molar-refractivity contribution in [2.45, 2.75) is 13.2 Å². The maximum absolute atomic E-state index is 8.07. The third-order valence-corrected chi connectivity index (χ3v) is 4.57. The summed E-state index contributed by atoms with van der Waals surface area (Å²) in [4.78, 5) is 4.89. The van der Waals surface area contributed by atoms with E-state index in [1.54, 1.807) is 11.3 Å². The molecule has 0 saturated carbocycles. The average Bonchev–Trinajstić information content (AvgIpc) is 2.84. The normalized spacial score (nSPS) is 22.3. The minimum Gasteiger partial charge on any atom is -0.484 e. The molecule has 0 unspecified atom stereocenters. The lowest BCUT2D eigenvalue weighted by Gasteiger charge is -2.26. The molecule has 4 N–H and O–H groups in total. The van der Waals surface area contributed by atoms with Gasteiger partial charge >= 0.3 is 0 Å². The number of nitrogens with zero attached hydrogens (tertiary/aromatic N) is 1. The van der Waals surface area contributed by atoms with Crippen LogP contribution in [-0.4, -0.2) is 36.8 Å². The van der Waals surface area contributed by atoms with Crippen molar-refractivity contribution in [3.8, 4) is 0 Å². The Morgan fingerprint density at radius 2 is 2.26 bits per heavy atom. The lowest BCUT2D eigenvalue weighted by molar-refractivity contribution is 0.214. The van der Waals surface area contributed by atoms with Gasteiger partial charge in [0.15, 0.2) is 5.76 Å². The minimum absolute atomic E-state index is 0.409. The van der Waals surface area contributed by atoms with Gasteiger partial charge in [-0.2, -0.15) is 0 Å². The van der Waals surface area contributed by atoms with Gasteiger partial charge in [0.1, 0.15) is 12.3 Å². The molecule has 1 aromatic heterocycles. The van der Waals surface area contributed by atoms with E-state index in [0.717, 1.165) is 43.2 Å². The van der Waals surface area contributed by atoms with Crippen molar-refractivity contribution < 1.29 is 4.74 Å². The molecule has 1 aromatic rings. The van der Waals surface area contributed by atoms with E-state index in [9.17, 15) is 0 Å². The highest BCUT2D eigenvalue weighted by molar-refractivity contribution is 7.12. The zero-order valence-electron chi connectivity index (χ0n) is 10.7. The molecule has 0 aromatic carbocycles. The molecule has 1 fully saturated rings. The summed E-state index contributed by atoms with van der Waals surface area (Å²) < 4.78 is 5.47. The predicted molar refractivity (Wildman–Crippen MR) is 76.4 cm³/mol. The van der Waals surface area contributed by atoms with Crippen molar-refractivity contribution in [2.75, 3.05) is 26.2 Å². The number of nitrogens with two attached hydrogens (primary N) is 1. The molecule has 102 valence electrons. The van der Waals surface area contributed by atoms with Crippen molar-refractivity contribution in [2.24, 2.45) is 5.73 Å². The summed E-state index contributed by atoms with van der Waals surface area (Å²) in [5.74, 6) is 0.485. The molecule has 0 bridgehead atoms. The molecule has 6 heteroatoms. The second kappa shape index (κ2) is 5.32. The summed E-state index contributed by atoms with van der Waals surface area (Å²) in [6, 6.07) is 2.12. The highest BCUT2D eigenvalue weighted by Crippen LogP contribution is 2.31. The molecular weight excluding hydrogens is 260 g/mol. The molecule has 0 radical (unpaired) electrons. The van der Waals surface area contributed by atoms with Gasteiger partial charge in [0, 0.05) is 49.4 Å². The Morgan fingerprint density at radius 1 is 1.47 bits per heavy atom. The van der Waals surface area contributed by atoms with E-state index < -0.39 is 0 Å². The van der Waals surface area contributed by atoms with E-state index in [2.05, 4.69) is 16.3 Å². The summed E-state index contributed by atoms with van der Waals surface area (Å²) in [5.41, 5.74) is 6.86. The van der Waals surface area contributed by atoms with Crippen LogP contribution >= 0.6 is 11.3 Å². The Morgan fingerprint density at radius 3 is 3.00 bits per heavy atom. The lowest BCUT2D eigenvalue weighted by Crippen LogP contribution is -2.42. The highest BCUT2D eigenvalue weighted by atomic mass is 32.1. The molecule has 1 saturated heterocycles. The summed E-state index contributed by atoms with van der Waals surface area (Å²) in [7, 11) is 0. The number of piperazine rings is 1.